The summed E-state index contributed by atoms with van der Waals surface area (Å²) in [6.07, 6.45) is 1.61. The summed E-state index contributed by atoms with van der Waals surface area (Å²) in [5, 5.41) is 5.83. The second-order valence-corrected chi connectivity index (χ2v) is 5.30. The van der Waals surface area contributed by atoms with Gasteiger partial charge in [0.2, 0.25) is 0 Å². The number of carbonyl (C=O) groups excluding carboxylic acids is 1. The van der Waals surface area contributed by atoms with E-state index >= 15 is 0 Å². The Labute approximate surface area is 122 Å². The topological polar surface area (TPSA) is 50.7 Å². The number of aryl methyl sites for hydroxylation is 2. The van der Waals surface area contributed by atoms with E-state index in [2.05, 4.69) is 10.5 Å². The SMILES string of the molecule is Cc1cccc(C)c1OCC(=O)N/N=C\c1cccs1. The monoisotopic (exact) mass is 288 g/mol. The summed E-state index contributed by atoms with van der Waals surface area (Å²) in [6.45, 7) is 3.86. The normalized spacial score (nSPS) is 10.7. The van der Waals surface area contributed by atoms with Crippen LogP contribution in [0.5, 0.6) is 5.75 Å². The van der Waals surface area contributed by atoms with Gasteiger partial charge in [0, 0.05) is 4.88 Å². The second kappa shape index (κ2) is 6.86. The molecular weight excluding hydrogens is 272 g/mol. The van der Waals surface area contributed by atoms with Crippen LogP contribution >= 0.6 is 11.3 Å². The molecule has 4 nitrogen and oxygen atoms in total. The maximum absolute atomic E-state index is 11.6. The summed E-state index contributed by atoms with van der Waals surface area (Å²) >= 11 is 1.56. The fourth-order valence-electron chi connectivity index (χ4n) is 1.73. The van der Waals surface area contributed by atoms with E-state index in [1.54, 1.807) is 17.6 Å². The van der Waals surface area contributed by atoms with E-state index < -0.39 is 0 Å². The van der Waals surface area contributed by atoms with Gasteiger partial charge in [0.05, 0.1) is 6.21 Å². The Morgan fingerprint density at radius 2 is 2.05 bits per heavy atom. The molecule has 0 bridgehead atoms. The van der Waals surface area contributed by atoms with Crippen LogP contribution in [0.1, 0.15) is 16.0 Å². The highest BCUT2D eigenvalue weighted by Crippen LogP contribution is 2.21. The highest BCUT2D eigenvalue weighted by Gasteiger charge is 2.06. The van der Waals surface area contributed by atoms with Gasteiger partial charge in [-0.15, -0.1) is 11.3 Å². The van der Waals surface area contributed by atoms with Crippen LogP contribution in [0.25, 0.3) is 0 Å². The standard InChI is InChI=1S/C15H16N2O2S/c1-11-5-3-6-12(2)15(11)19-10-14(18)17-16-9-13-7-4-8-20-13/h3-9H,10H2,1-2H3,(H,17,18)/b16-9-. The number of nitrogens with one attached hydrogen (secondary N) is 1. The minimum absolute atomic E-state index is 0.0481. The van der Waals surface area contributed by atoms with Crippen LogP contribution in [0.15, 0.2) is 40.8 Å². The smallest absolute Gasteiger partial charge is 0.277 e. The highest BCUT2D eigenvalue weighted by atomic mass is 32.1. The number of para-hydroxylation sites is 1. The zero-order valence-corrected chi connectivity index (χ0v) is 12.2. The maximum Gasteiger partial charge on any atom is 0.277 e. The van der Waals surface area contributed by atoms with Crippen LogP contribution in [-0.4, -0.2) is 18.7 Å². The Kier molecular flexibility index (Phi) is 4.90. The molecule has 1 amide bonds. The Bertz CT molecular complexity index is 586. The first-order chi connectivity index (χ1) is 9.66. The highest BCUT2D eigenvalue weighted by molar-refractivity contribution is 7.11. The van der Waals surface area contributed by atoms with Crippen molar-refractivity contribution in [3.05, 3.63) is 51.7 Å². The first-order valence-electron chi connectivity index (χ1n) is 6.21. The van der Waals surface area contributed by atoms with Gasteiger partial charge in [-0.25, -0.2) is 5.43 Å². The Morgan fingerprint density at radius 1 is 1.30 bits per heavy atom. The number of thiophene rings is 1. The zero-order chi connectivity index (χ0) is 14.4. The molecule has 1 N–H and O–H groups in total. The van der Waals surface area contributed by atoms with Gasteiger partial charge in [0.15, 0.2) is 6.61 Å². The van der Waals surface area contributed by atoms with Crippen molar-refractivity contribution in [2.75, 3.05) is 6.61 Å². The molecule has 20 heavy (non-hydrogen) atoms. The molecule has 0 aliphatic rings. The Hall–Kier alpha value is -2.14. The van der Waals surface area contributed by atoms with Gasteiger partial charge in [-0.05, 0) is 36.4 Å². The van der Waals surface area contributed by atoms with Crippen LogP contribution < -0.4 is 10.2 Å². The fraction of sp³-hybridized carbons (Fsp3) is 0.200. The second-order valence-electron chi connectivity index (χ2n) is 4.32. The summed E-state index contributed by atoms with van der Waals surface area (Å²) in [6, 6.07) is 9.72. The molecule has 0 aliphatic carbocycles. The van der Waals surface area contributed by atoms with E-state index in [1.165, 1.54) is 0 Å². The van der Waals surface area contributed by atoms with Crippen LogP contribution in [-0.2, 0) is 4.79 Å². The van der Waals surface area contributed by atoms with E-state index in [1.807, 2.05) is 49.6 Å². The minimum Gasteiger partial charge on any atom is -0.483 e. The minimum atomic E-state index is -0.277. The molecule has 0 atom stereocenters. The quantitative estimate of drug-likeness (QED) is 0.679. The third-order valence-electron chi connectivity index (χ3n) is 2.68. The number of amides is 1. The molecule has 0 radical (unpaired) electrons. The summed E-state index contributed by atoms with van der Waals surface area (Å²) in [7, 11) is 0. The third kappa shape index (κ3) is 3.93. The number of hydrazone groups is 1. The number of nitrogens with zero attached hydrogens (tertiary/aromatic N) is 1. The zero-order valence-electron chi connectivity index (χ0n) is 11.4. The number of rotatable bonds is 5. The molecule has 2 aromatic rings. The van der Waals surface area contributed by atoms with Gasteiger partial charge in [0.25, 0.3) is 5.91 Å². The summed E-state index contributed by atoms with van der Waals surface area (Å²) in [5.41, 5.74) is 4.47. The molecule has 5 heteroatoms. The lowest BCUT2D eigenvalue weighted by molar-refractivity contribution is -0.123. The van der Waals surface area contributed by atoms with Crippen LogP contribution in [0.2, 0.25) is 0 Å². The molecule has 0 unspecified atom stereocenters. The average molecular weight is 288 g/mol. The van der Waals surface area contributed by atoms with Crippen molar-refractivity contribution in [3.63, 3.8) is 0 Å². The average Bonchev–Trinajstić information content (AvgIpc) is 2.91. The van der Waals surface area contributed by atoms with Crippen molar-refractivity contribution in [2.45, 2.75) is 13.8 Å². The van der Waals surface area contributed by atoms with Gasteiger partial charge in [-0.2, -0.15) is 5.10 Å². The van der Waals surface area contributed by atoms with Crippen LogP contribution in [0, 0.1) is 13.8 Å². The van der Waals surface area contributed by atoms with Crippen molar-refractivity contribution >= 4 is 23.5 Å². The van der Waals surface area contributed by atoms with E-state index in [9.17, 15) is 4.79 Å². The van der Waals surface area contributed by atoms with Crippen molar-refractivity contribution < 1.29 is 9.53 Å². The summed E-state index contributed by atoms with van der Waals surface area (Å²) in [5.74, 6) is 0.477. The Balaban J connectivity index is 1.83. The number of hydrogen-bond donors (Lipinski definition) is 1. The first kappa shape index (κ1) is 14.3. The summed E-state index contributed by atoms with van der Waals surface area (Å²) in [4.78, 5) is 12.6. The summed E-state index contributed by atoms with van der Waals surface area (Å²) < 4.78 is 5.53. The molecular formula is C15H16N2O2S. The molecule has 1 aromatic carbocycles. The molecule has 2 rings (SSSR count). The predicted molar refractivity (Wildman–Crippen MR) is 81.5 cm³/mol. The molecule has 0 aliphatic heterocycles. The fourth-order valence-corrected chi connectivity index (χ4v) is 2.31. The lowest BCUT2D eigenvalue weighted by Gasteiger charge is -2.10. The third-order valence-corrected chi connectivity index (χ3v) is 3.49. The number of hydrogen-bond acceptors (Lipinski definition) is 4. The van der Waals surface area contributed by atoms with Crippen molar-refractivity contribution in [3.8, 4) is 5.75 Å². The number of ether oxygens (including phenoxy) is 1. The molecule has 104 valence electrons. The molecule has 0 saturated heterocycles. The maximum atomic E-state index is 11.6. The lowest BCUT2D eigenvalue weighted by Crippen LogP contribution is -2.24. The van der Waals surface area contributed by atoms with E-state index in [0.717, 1.165) is 21.8 Å². The van der Waals surface area contributed by atoms with Gasteiger partial charge in [-0.1, -0.05) is 24.3 Å². The Morgan fingerprint density at radius 3 is 2.70 bits per heavy atom. The largest absolute Gasteiger partial charge is 0.483 e. The number of carbonyl (C=O) groups is 1. The van der Waals surface area contributed by atoms with E-state index in [-0.39, 0.29) is 12.5 Å². The van der Waals surface area contributed by atoms with Crippen LogP contribution in [0.3, 0.4) is 0 Å². The van der Waals surface area contributed by atoms with Crippen molar-refractivity contribution in [1.29, 1.82) is 0 Å². The van der Waals surface area contributed by atoms with Crippen molar-refractivity contribution in [2.24, 2.45) is 5.10 Å². The van der Waals surface area contributed by atoms with Crippen molar-refractivity contribution in [1.82, 2.24) is 5.43 Å². The van der Waals surface area contributed by atoms with Gasteiger partial charge in [0.1, 0.15) is 5.75 Å². The van der Waals surface area contributed by atoms with E-state index in [4.69, 9.17) is 4.74 Å². The van der Waals surface area contributed by atoms with Crippen LogP contribution in [0.4, 0.5) is 0 Å². The molecule has 1 heterocycles. The molecule has 0 saturated carbocycles. The molecule has 1 aromatic heterocycles. The molecule has 0 fully saturated rings. The predicted octanol–water partition coefficient (Wildman–Crippen LogP) is 2.89. The van der Waals surface area contributed by atoms with Gasteiger partial charge >= 0.3 is 0 Å². The van der Waals surface area contributed by atoms with Gasteiger partial charge < -0.3 is 4.74 Å². The van der Waals surface area contributed by atoms with E-state index in [0.29, 0.717) is 0 Å². The number of benzene rings is 1. The van der Waals surface area contributed by atoms with Gasteiger partial charge in [-0.3, -0.25) is 4.79 Å². The molecule has 0 spiro atoms. The first-order valence-corrected chi connectivity index (χ1v) is 7.09. The lowest BCUT2D eigenvalue weighted by atomic mass is 10.1.